The number of aryl methyl sites for hydroxylation is 1. The van der Waals surface area contributed by atoms with E-state index < -0.39 is 5.97 Å². The summed E-state index contributed by atoms with van der Waals surface area (Å²) < 4.78 is 5.06. The van der Waals surface area contributed by atoms with Crippen LogP contribution in [0.2, 0.25) is 0 Å². The second-order valence-electron chi connectivity index (χ2n) is 5.60. The number of aromatic nitrogens is 1. The Bertz CT molecular complexity index is 758. The molecular formula is C18H20N2O4. The Kier molecular flexibility index (Phi) is 5.52. The number of amides is 1. The Hall–Kier alpha value is -2.89. The number of hydrogen-bond acceptors (Lipinski definition) is 4. The predicted molar refractivity (Wildman–Crippen MR) is 89.6 cm³/mol. The number of hydrogen-bond donors (Lipinski definition) is 2. The van der Waals surface area contributed by atoms with Crippen LogP contribution >= 0.6 is 0 Å². The van der Waals surface area contributed by atoms with Crippen molar-refractivity contribution in [2.45, 2.75) is 26.3 Å². The van der Waals surface area contributed by atoms with E-state index in [9.17, 15) is 9.59 Å². The zero-order valence-electron chi connectivity index (χ0n) is 13.9. The van der Waals surface area contributed by atoms with Crippen molar-refractivity contribution < 1.29 is 19.4 Å². The molecule has 2 N–H and O–H groups in total. The molecule has 0 radical (unpaired) electrons. The van der Waals surface area contributed by atoms with Crippen molar-refractivity contribution in [1.29, 1.82) is 0 Å². The summed E-state index contributed by atoms with van der Waals surface area (Å²) in [6.07, 6.45) is 2.31. The number of nitrogens with zero attached hydrogens (tertiary/aromatic N) is 1. The van der Waals surface area contributed by atoms with Gasteiger partial charge in [0.25, 0.3) is 5.91 Å². The minimum atomic E-state index is -1.11. The van der Waals surface area contributed by atoms with Gasteiger partial charge in [-0.2, -0.15) is 0 Å². The Labute approximate surface area is 140 Å². The molecule has 1 amide bonds. The molecule has 6 heteroatoms. The lowest BCUT2D eigenvalue weighted by Gasteiger charge is -2.15. The number of pyridine rings is 1. The van der Waals surface area contributed by atoms with Crippen molar-refractivity contribution in [2.24, 2.45) is 0 Å². The van der Waals surface area contributed by atoms with Crippen molar-refractivity contribution in [2.75, 3.05) is 7.11 Å². The summed E-state index contributed by atoms with van der Waals surface area (Å²) in [4.78, 5) is 27.9. The van der Waals surface area contributed by atoms with E-state index in [1.165, 1.54) is 25.3 Å². The molecule has 1 heterocycles. The van der Waals surface area contributed by atoms with Gasteiger partial charge < -0.3 is 15.2 Å². The van der Waals surface area contributed by atoms with Gasteiger partial charge in [0.05, 0.1) is 12.7 Å². The fraction of sp³-hybridized carbons (Fsp3) is 0.278. The minimum Gasteiger partial charge on any atom is -0.497 e. The summed E-state index contributed by atoms with van der Waals surface area (Å²) in [5.74, 6) is -1.13. The first-order valence-electron chi connectivity index (χ1n) is 7.54. The molecular weight excluding hydrogens is 308 g/mol. The Morgan fingerprint density at radius 2 is 2.00 bits per heavy atom. The average molecular weight is 328 g/mol. The van der Waals surface area contributed by atoms with E-state index in [1.807, 2.05) is 26.0 Å². The van der Waals surface area contributed by atoms with Gasteiger partial charge in [0.1, 0.15) is 5.75 Å². The van der Waals surface area contributed by atoms with E-state index in [-0.39, 0.29) is 23.1 Å². The largest absolute Gasteiger partial charge is 0.497 e. The van der Waals surface area contributed by atoms with Gasteiger partial charge in [-0.05, 0) is 43.7 Å². The number of carbonyl (C=O) groups excluding carboxylic acids is 1. The SMILES string of the molecule is COc1cc(C(=O)O)cc(C(=O)N[C@@H](C)Cc2ncccc2C)c1. The van der Waals surface area contributed by atoms with Crippen LogP contribution in [0.5, 0.6) is 5.75 Å². The van der Waals surface area contributed by atoms with E-state index in [0.29, 0.717) is 12.2 Å². The highest BCUT2D eigenvalue weighted by atomic mass is 16.5. The maximum absolute atomic E-state index is 12.4. The van der Waals surface area contributed by atoms with Crippen molar-refractivity contribution in [3.63, 3.8) is 0 Å². The first kappa shape index (κ1) is 17.5. The van der Waals surface area contributed by atoms with Crippen LogP contribution in [0, 0.1) is 6.92 Å². The molecule has 0 bridgehead atoms. The number of methoxy groups -OCH3 is 1. The number of ether oxygens (including phenoxy) is 1. The number of nitrogens with one attached hydrogen (secondary N) is 1. The van der Waals surface area contributed by atoms with Crippen molar-refractivity contribution in [3.8, 4) is 5.75 Å². The maximum atomic E-state index is 12.4. The van der Waals surface area contributed by atoms with Crippen LogP contribution in [0.4, 0.5) is 0 Å². The molecule has 1 atom stereocenters. The van der Waals surface area contributed by atoms with E-state index in [0.717, 1.165) is 11.3 Å². The summed E-state index contributed by atoms with van der Waals surface area (Å²) in [6, 6.07) is 7.91. The van der Waals surface area contributed by atoms with Crippen LogP contribution in [0.25, 0.3) is 0 Å². The third-order valence-electron chi connectivity index (χ3n) is 3.65. The summed E-state index contributed by atoms with van der Waals surface area (Å²) in [6.45, 7) is 3.85. The average Bonchev–Trinajstić information content (AvgIpc) is 2.56. The molecule has 0 unspecified atom stereocenters. The number of rotatable bonds is 6. The van der Waals surface area contributed by atoms with E-state index >= 15 is 0 Å². The topological polar surface area (TPSA) is 88.5 Å². The molecule has 1 aromatic carbocycles. The molecule has 1 aromatic heterocycles. The van der Waals surface area contributed by atoms with E-state index in [4.69, 9.17) is 9.84 Å². The van der Waals surface area contributed by atoms with E-state index in [1.54, 1.807) is 6.20 Å². The molecule has 0 aliphatic rings. The molecule has 24 heavy (non-hydrogen) atoms. The molecule has 0 saturated carbocycles. The zero-order valence-corrected chi connectivity index (χ0v) is 13.9. The standard InChI is InChI=1S/C18H20N2O4/c1-11-5-4-6-19-16(11)7-12(2)20-17(21)13-8-14(18(22)23)10-15(9-13)24-3/h4-6,8-10,12H,7H2,1-3H3,(H,20,21)(H,22,23)/t12-/m0/s1. The van der Waals surface area contributed by atoms with Crippen LogP contribution in [0.3, 0.4) is 0 Å². The molecule has 2 aromatic rings. The summed E-state index contributed by atoms with van der Waals surface area (Å²) >= 11 is 0. The van der Waals surface area contributed by atoms with Crippen LogP contribution in [-0.4, -0.2) is 35.1 Å². The monoisotopic (exact) mass is 328 g/mol. The molecule has 0 spiro atoms. The number of carbonyl (C=O) groups is 2. The van der Waals surface area contributed by atoms with Gasteiger partial charge >= 0.3 is 5.97 Å². The van der Waals surface area contributed by atoms with Crippen molar-refractivity contribution in [3.05, 3.63) is 58.9 Å². The first-order valence-corrected chi connectivity index (χ1v) is 7.54. The summed E-state index contributed by atoms with van der Waals surface area (Å²) in [5.41, 5.74) is 2.24. The van der Waals surface area contributed by atoms with Gasteiger partial charge in [-0.15, -0.1) is 0 Å². The molecule has 0 saturated heterocycles. The van der Waals surface area contributed by atoms with Crippen LogP contribution in [0.15, 0.2) is 36.5 Å². The van der Waals surface area contributed by atoms with Gasteiger partial charge in [-0.1, -0.05) is 6.07 Å². The lowest BCUT2D eigenvalue weighted by atomic mass is 10.1. The van der Waals surface area contributed by atoms with Crippen molar-refractivity contribution >= 4 is 11.9 Å². The van der Waals surface area contributed by atoms with Gasteiger partial charge in [-0.25, -0.2) is 4.79 Å². The highest BCUT2D eigenvalue weighted by molar-refractivity contribution is 5.98. The third-order valence-corrected chi connectivity index (χ3v) is 3.65. The minimum absolute atomic E-state index is 0.00715. The van der Waals surface area contributed by atoms with Gasteiger partial charge in [0.15, 0.2) is 0 Å². The third kappa shape index (κ3) is 4.32. The highest BCUT2D eigenvalue weighted by Gasteiger charge is 2.15. The first-order chi connectivity index (χ1) is 11.4. The molecule has 2 rings (SSSR count). The summed E-state index contributed by atoms with van der Waals surface area (Å²) in [7, 11) is 1.43. The Balaban J connectivity index is 2.13. The number of carboxylic acids is 1. The number of aromatic carboxylic acids is 1. The lowest BCUT2D eigenvalue weighted by Crippen LogP contribution is -2.34. The van der Waals surface area contributed by atoms with Gasteiger partial charge in [0, 0.05) is 29.9 Å². The Morgan fingerprint density at radius 3 is 2.62 bits per heavy atom. The van der Waals surface area contributed by atoms with Crippen LogP contribution in [0.1, 0.15) is 38.9 Å². The van der Waals surface area contributed by atoms with Crippen LogP contribution in [-0.2, 0) is 6.42 Å². The quantitative estimate of drug-likeness (QED) is 0.850. The zero-order chi connectivity index (χ0) is 17.7. The smallest absolute Gasteiger partial charge is 0.335 e. The Morgan fingerprint density at radius 1 is 1.29 bits per heavy atom. The van der Waals surface area contributed by atoms with Gasteiger partial charge in [-0.3, -0.25) is 9.78 Å². The highest BCUT2D eigenvalue weighted by Crippen LogP contribution is 2.17. The molecule has 6 nitrogen and oxygen atoms in total. The molecule has 0 aliphatic carbocycles. The number of carboxylic acid groups (broad SMARTS) is 1. The maximum Gasteiger partial charge on any atom is 0.335 e. The predicted octanol–water partition coefficient (Wildman–Crippen LogP) is 2.46. The molecule has 0 fully saturated rings. The second-order valence-corrected chi connectivity index (χ2v) is 5.60. The van der Waals surface area contributed by atoms with Crippen LogP contribution < -0.4 is 10.1 Å². The van der Waals surface area contributed by atoms with Gasteiger partial charge in [0.2, 0.25) is 0 Å². The second kappa shape index (κ2) is 7.59. The lowest BCUT2D eigenvalue weighted by molar-refractivity contribution is 0.0696. The fourth-order valence-electron chi connectivity index (χ4n) is 2.35. The summed E-state index contributed by atoms with van der Waals surface area (Å²) in [5, 5.41) is 12.0. The molecule has 126 valence electrons. The van der Waals surface area contributed by atoms with E-state index in [2.05, 4.69) is 10.3 Å². The normalized spacial score (nSPS) is 11.6. The fourth-order valence-corrected chi connectivity index (χ4v) is 2.35. The van der Waals surface area contributed by atoms with Crippen molar-refractivity contribution in [1.82, 2.24) is 10.3 Å². The molecule has 0 aliphatic heterocycles. The number of benzene rings is 1.